The molecule has 0 unspecified atom stereocenters. The first kappa shape index (κ1) is 37.2. The van der Waals surface area contributed by atoms with Crippen LogP contribution < -0.4 is 0 Å². The number of carboxylic acid groups (broad SMARTS) is 4. The average Bonchev–Trinajstić information content (AvgIpc) is 1.94. The quantitative estimate of drug-likeness (QED) is 0.257. The molecule has 0 atom stereocenters. The second-order valence-corrected chi connectivity index (χ2v) is 4.30. The predicted molar refractivity (Wildman–Crippen MR) is 80.3 cm³/mol. The number of hydrogen-bond acceptors (Lipinski definition) is 4. The normalized spacial score (nSPS) is 6.48. The van der Waals surface area contributed by atoms with Gasteiger partial charge >= 0.3 is 0 Å². The first-order valence-corrected chi connectivity index (χ1v) is 5.67. The molecule has 0 aromatic carbocycles. The van der Waals surface area contributed by atoms with Gasteiger partial charge in [0.2, 0.25) is 0 Å². The van der Waals surface area contributed by atoms with Crippen LogP contribution in [0.15, 0.2) is 0 Å². The SMILES string of the molecule is CC(=O)O.CC(=O)O.CC(=O)O.CC(=O)O.ClC(Cl)Cl.[Pb]. The summed E-state index contributed by atoms with van der Waals surface area (Å²) in [5, 5.41) is 29.7. The third kappa shape index (κ3) is 57100. The molecule has 0 aliphatic heterocycles. The molecule has 21 heavy (non-hydrogen) atoms. The van der Waals surface area contributed by atoms with E-state index in [1.165, 1.54) is 0 Å². The van der Waals surface area contributed by atoms with Gasteiger partial charge in [0.1, 0.15) is 0 Å². The molecule has 12 heteroatoms. The Bertz CT molecular complexity index is 207. The second-order valence-electron chi connectivity index (χ2n) is 2.32. The van der Waals surface area contributed by atoms with E-state index in [4.69, 9.17) is 74.4 Å². The van der Waals surface area contributed by atoms with Gasteiger partial charge in [-0.05, 0) is 0 Å². The third-order valence-electron chi connectivity index (χ3n) is 0. The zero-order valence-electron chi connectivity index (χ0n) is 11.6. The summed E-state index contributed by atoms with van der Waals surface area (Å²) in [7, 11) is 0. The molecule has 0 aromatic heterocycles. The predicted octanol–water partition coefficient (Wildman–Crippen LogP) is 1.97. The van der Waals surface area contributed by atoms with Crippen molar-refractivity contribution in [1.29, 1.82) is 0 Å². The second kappa shape index (κ2) is 31.9. The zero-order valence-corrected chi connectivity index (χ0v) is 17.8. The minimum atomic E-state index is -0.833. The number of hydrogen-bond donors (Lipinski definition) is 4. The van der Waals surface area contributed by atoms with Crippen molar-refractivity contribution in [2.24, 2.45) is 0 Å². The Balaban J connectivity index is -0.0000000331. The molecule has 8 nitrogen and oxygen atoms in total. The number of aliphatic carboxylic acids is 4. The molecule has 0 aromatic rings. The van der Waals surface area contributed by atoms with Gasteiger partial charge in [0, 0.05) is 55.0 Å². The van der Waals surface area contributed by atoms with E-state index >= 15 is 0 Å². The standard InChI is InChI=1S/4C2H4O2.CHCl3.Pb/c4*1-2(3)4;2-1(3)4;/h4*1H3,(H,3,4);1H;. The van der Waals surface area contributed by atoms with Crippen molar-refractivity contribution in [3.8, 4) is 0 Å². The van der Waals surface area contributed by atoms with E-state index in [2.05, 4.69) is 0 Å². The Morgan fingerprint density at radius 1 is 0.619 bits per heavy atom. The van der Waals surface area contributed by atoms with Crippen LogP contribution in [-0.2, 0) is 19.2 Å². The molecule has 0 saturated carbocycles. The number of carbonyl (C=O) groups is 4. The van der Waals surface area contributed by atoms with Crippen LogP contribution in [0.25, 0.3) is 0 Å². The van der Waals surface area contributed by atoms with E-state index in [0.29, 0.717) is 0 Å². The van der Waals surface area contributed by atoms with Gasteiger partial charge in [-0.25, -0.2) is 0 Å². The molecule has 0 rings (SSSR count). The van der Waals surface area contributed by atoms with Gasteiger partial charge in [-0.2, -0.15) is 0 Å². The van der Waals surface area contributed by atoms with Crippen molar-refractivity contribution >= 4 is 86.0 Å². The molecule has 0 heterocycles. The van der Waals surface area contributed by atoms with Crippen LogP contribution in [0.1, 0.15) is 27.7 Å². The van der Waals surface area contributed by atoms with E-state index < -0.39 is 28.2 Å². The maximum Gasteiger partial charge on any atom is 0.300 e. The fourth-order valence-corrected chi connectivity index (χ4v) is 0. The first-order chi connectivity index (χ1) is 8.66. The minimum absolute atomic E-state index is 0. The molecule has 0 spiro atoms. The Hall–Kier alpha value is -0.328. The summed E-state index contributed by atoms with van der Waals surface area (Å²) in [4.78, 5) is 36.0. The maximum atomic E-state index is 9.00. The van der Waals surface area contributed by atoms with E-state index in [1.807, 2.05) is 0 Å². The minimum Gasteiger partial charge on any atom is -0.481 e. The summed E-state index contributed by atoms with van der Waals surface area (Å²) in [5.74, 6) is -3.33. The van der Waals surface area contributed by atoms with Gasteiger partial charge in [-0.15, -0.1) is 0 Å². The smallest absolute Gasteiger partial charge is 0.300 e. The molecule has 0 fully saturated rings. The fourth-order valence-electron chi connectivity index (χ4n) is 0. The van der Waals surface area contributed by atoms with Crippen molar-refractivity contribution in [3.63, 3.8) is 0 Å². The number of halogens is 3. The average molecular weight is 567 g/mol. The molecule has 0 bridgehead atoms. The van der Waals surface area contributed by atoms with E-state index in [-0.39, 0.29) is 27.3 Å². The van der Waals surface area contributed by atoms with Crippen molar-refractivity contribution in [1.82, 2.24) is 0 Å². The van der Waals surface area contributed by atoms with Gasteiger partial charge in [-0.3, -0.25) is 19.2 Å². The van der Waals surface area contributed by atoms with Crippen molar-refractivity contribution < 1.29 is 39.6 Å². The Morgan fingerprint density at radius 2 is 0.619 bits per heavy atom. The summed E-state index contributed by atoms with van der Waals surface area (Å²) in [6.07, 6.45) is 0. The van der Waals surface area contributed by atoms with Crippen LogP contribution >= 0.6 is 34.8 Å². The largest absolute Gasteiger partial charge is 0.481 e. The summed E-state index contributed by atoms with van der Waals surface area (Å²) in [6, 6.07) is 0. The molecule has 4 N–H and O–H groups in total. The van der Waals surface area contributed by atoms with Crippen LogP contribution in [0.3, 0.4) is 0 Å². The summed E-state index contributed by atoms with van der Waals surface area (Å²) in [6.45, 7) is 4.33. The van der Waals surface area contributed by atoms with Crippen LogP contribution in [0.4, 0.5) is 0 Å². The van der Waals surface area contributed by atoms with Gasteiger partial charge in [-0.1, -0.05) is 34.8 Å². The number of alkyl halides is 3. The maximum absolute atomic E-state index is 9.00. The monoisotopic (exact) mass is 566 g/mol. The van der Waals surface area contributed by atoms with Crippen LogP contribution in [-0.4, -0.2) is 75.9 Å². The third-order valence-corrected chi connectivity index (χ3v) is 0. The molecule has 126 valence electrons. The Morgan fingerprint density at radius 3 is 0.619 bits per heavy atom. The van der Waals surface area contributed by atoms with Crippen molar-refractivity contribution in [2.45, 2.75) is 32.0 Å². The molecule has 0 aliphatic carbocycles. The van der Waals surface area contributed by atoms with E-state index in [9.17, 15) is 0 Å². The van der Waals surface area contributed by atoms with E-state index in [0.717, 1.165) is 27.7 Å². The Labute approximate surface area is 157 Å². The molecular weight excluding hydrogens is 550 g/mol. The van der Waals surface area contributed by atoms with Gasteiger partial charge < -0.3 is 20.4 Å². The molecule has 0 amide bonds. The summed E-state index contributed by atoms with van der Waals surface area (Å²) >= 11 is 14.4. The molecular formula is C9H17Cl3O8Pb. The molecule has 0 aliphatic rings. The van der Waals surface area contributed by atoms with Crippen LogP contribution in [0.2, 0.25) is 0 Å². The summed E-state index contributed by atoms with van der Waals surface area (Å²) in [5.41, 5.74) is 0. The first-order valence-electron chi connectivity index (χ1n) is 4.37. The van der Waals surface area contributed by atoms with Crippen LogP contribution in [0, 0.1) is 0 Å². The van der Waals surface area contributed by atoms with E-state index in [1.54, 1.807) is 0 Å². The Kier molecular flexibility index (Phi) is 56.4. The van der Waals surface area contributed by atoms with Gasteiger partial charge in [0.05, 0.1) is 0 Å². The topological polar surface area (TPSA) is 149 Å². The zero-order chi connectivity index (χ0) is 17.9. The molecule has 4 radical (unpaired) electrons. The summed E-state index contributed by atoms with van der Waals surface area (Å²) < 4.78 is -0.750. The van der Waals surface area contributed by atoms with Gasteiger partial charge in [0.25, 0.3) is 23.9 Å². The van der Waals surface area contributed by atoms with Crippen LogP contribution in [0.5, 0.6) is 0 Å². The van der Waals surface area contributed by atoms with Crippen molar-refractivity contribution in [2.75, 3.05) is 0 Å². The van der Waals surface area contributed by atoms with Gasteiger partial charge in [0.15, 0.2) is 4.30 Å². The fraction of sp³-hybridized carbons (Fsp3) is 0.556. The number of carboxylic acids is 4. The van der Waals surface area contributed by atoms with Crippen molar-refractivity contribution in [3.05, 3.63) is 0 Å². The molecule has 0 saturated heterocycles. The number of rotatable bonds is 0.